The second-order valence-electron chi connectivity index (χ2n) is 6.11. The molecule has 1 aromatic carbocycles. The number of carbonyl (C=O) groups is 1. The number of anilines is 1. The summed E-state index contributed by atoms with van der Waals surface area (Å²) < 4.78 is 12.8. The standard InChI is InChI=1S/C19H17ClN4O3/c1-12-3-5-21-17(9-12)24-16(4-6-22-24)23-19(25)13-10-14(20)18-15(11-13)26-7-2-8-27-18/h3-6,9-11H,2,7-8H2,1H3,(H,23,25). The van der Waals surface area contributed by atoms with Crippen molar-refractivity contribution < 1.29 is 14.3 Å². The molecule has 4 rings (SSSR count). The number of aromatic nitrogens is 3. The molecule has 0 saturated heterocycles. The van der Waals surface area contributed by atoms with Crippen molar-refractivity contribution in [2.75, 3.05) is 18.5 Å². The number of carbonyl (C=O) groups excluding carboxylic acids is 1. The number of rotatable bonds is 3. The number of benzene rings is 1. The van der Waals surface area contributed by atoms with Gasteiger partial charge in [0.1, 0.15) is 5.82 Å². The van der Waals surface area contributed by atoms with Gasteiger partial charge in [-0.05, 0) is 36.8 Å². The molecule has 0 atom stereocenters. The van der Waals surface area contributed by atoms with Gasteiger partial charge < -0.3 is 14.8 Å². The maximum absolute atomic E-state index is 12.8. The van der Waals surface area contributed by atoms with Crippen LogP contribution in [0.1, 0.15) is 22.3 Å². The monoisotopic (exact) mass is 384 g/mol. The first kappa shape index (κ1) is 17.4. The van der Waals surface area contributed by atoms with Crippen LogP contribution in [-0.4, -0.2) is 33.9 Å². The van der Waals surface area contributed by atoms with Crippen molar-refractivity contribution in [3.63, 3.8) is 0 Å². The molecule has 0 saturated carbocycles. The molecule has 7 nitrogen and oxygen atoms in total. The highest BCUT2D eigenvalue weighted by Gasteiger charge is 2.19. The lowest BCUT2D eigenvalue weighted by molar-refractivity contribution is 0.102. The molecule has 27 heavy (non-hydrogen) atoms. The number of halogens is 1. The zero-order valence-corrected chi connectivity index (χ0v) is 15.4. The third kappa shape index (κ3) is 3.59. The van der Waals surface area contributed by atoms with Crippen LogP contribution in [-0.2, 0) is 0 Å². The third-order valence-electron chi connectivity index (χ3n) is 4.07. The Kier molecular flexibility index (Phi) is 4.68. The maximum Gasteiger partial charge on any atom is 0.257 e. The number of nitrogens with one attached hydrogen (secondary N) is 1. The SMILES string of the molecule is Cc1ccnc(-n2nccc2NC(=O)c2cc(Cl)c3c(c2)OCCCO3)c1. The first-order valence-corrected chi connectivity index (χ1v) is 8.87. The number of hydrogen-bond acceptors (Lipinski definition) is 5. The molecular weight excluding hydrogens is 368 g/mol. The van der Waals surface area contributed by atoms with E-state index in [-0.39, 0.29) is 5.91 Å². The van der Waals surface area contributed by atoms with Gasteiger partial charge in [-0.15, -0.1) is 0 Å². The van der Waals surface area contributed by atoms with Crippen molar-refractivity contribution in [1.82, 2.24) is 14.8 Å². The van der Waals surface area contributed by atoms with Gasteiger partial charge in [-0.25, -0.2) is 4.98 Å². The number of nitrogens with zero attached hydrogens (tertiary/aromatic N) is 3. The second-order valence-corrected chi connectivity index (χ2v) is 6.52. The Labute approximate surface area is 160 Å². The van der Waals surface area contributed by atoms with Crippen LogP contribution < -0.4 is 14.8 Å². The van der Waals surface area contributed by atoms with Crippen LogP contribution in [0.4, 0.5) is 5.82 Å². The Hall–Kier alpha value is -3.06. The Morgan fingerprint density at radius 2 is 2.04 bits per heavy atom. The summed E-state index contributed by atoms with van der Waals surface area (Å²) in [4.78, 5) is 17.1. The molecule has 0 fully saturated rings. The number of ether oxygens (including phenoxy) is 2. The van der Waals surface area contributed by atoms with E-state index in [1.54, 1.807) is 35.3 Å². The molecule has 1 amide bonds. The van der Waals surface area contributed by atoms with E-state index in [1.165, 1.54) is 0 Å². The summed E-state index contributed by atoms with van der Waals surface area (Å²) in [5, 5.41) is 7.43. The van der Waals surface area contributed by atoms with Crippen molar-refractivity contribution in [1.29, 1.82) is 0 Å². The van der Waals surface area contributed by atoms with E-state index in [2.05, 4.69) is 15.4 Å². The Bertz CT molecular complexity index is 1000. The van der Waals surface area contributed by atoms with E-state index in [0.717, 1.165) is 12.0 Å². The summed E-state index contributed by atoms with van der Waals surface area (Å²) >= 11 is 6.28. The lowest BCUT2D eigenvalue weighted by Gasteiger charge is -2.12. The zero-order chi connectivity index (χ0) is 18.8. The molecule has 2 aromatic heterocycles. The quantitative estimate of drug-likeness (QED) is 0.745. The summed E-state index contributed by atoms with van der Waals surface area (Å²) in [7, 11) is 0. The largest absolute Gasteiger partial charge is 0.489 e. The van der Waals surface area contributed by atoms with Crippen LogP contribution in [0.15, 0.2) is 42.7 Å². The highest BCUT2D eigenvalue weighted by atomic mass is 35.5. The molecule has 3 heterocycles. The van der Waals surface area contributed by atoms with Gasteiger partial charge in [0.05, 0.1) is 24.4 Å². The minimum Gasteiger partial charge on any atom is -0.489 e. The van der Waals surface area contributed by atoms with Gasteiger partial charge in [-0.1, -0.05) is 11.6 Å². The minimum atomic E-state index is -0.332. The highest BCUT2D eigenvalue weighted by Crippen LogP contribution is 2.38. The van der Waals surface area contributed by atoms with Crippen LogP contribution >= 0.6 is 11.6 Å². The van der Waals surface area contributed by atoms with Crippen LogP contribution in [0.3, 0.4) is 0 Å². The molecule has 1 N–H and O–H groups in total. The summed E-state index contributed by atoms with van der Waals surface area (Å²) in [6.07, 6.45) is 4.05. The van der Waals surface area contributed by atoms with Gasteiger partial charge in [-0.3, -0.25) is 4.79 Å². The lowest BCUT2D eigenvalue weighted by Crippen LogP contribution is -2.16. The van der Waals surface area contributed by atoms with Crippen molar-refractivity contribution in [3.05, 3.63) is 58.9 Å². The smallest absolute Gasteiger partial charge is 0.257 e. The maximum atomic E-state index is 12.8. The Morgan fingerprint density at radius 3 is 2.89 bits per heavy atom. The predicted octanol–water partition coefficient (Wildman–Crippen LogP) is 3.64. The molecule has 0 spiro atoms. The summed E-state index contributed by atoms with van der Waals surface area (Å²) in [6.45, 7) is 3.01. The number of fused-ring (bicyclic) bond motifs is 1. The molecule has 0 aliphatic carbocycles. The lowest BCUT2D eigenvalue weighted by atomic mass is 10.2. The molecule has 0 bridgehead atoms. The fourth-order valence-electron chi connectivity index (χ4n) is 2.77. The van der Waals surface area contributed by atoms with Gasteiger partial charge in [0, 0.05) is 24.2 Å². The van der Waals surface area contributed by atoms with Crippen molar-refractivity contribution >= 4 is 23.3 Å². The van der Waals surface area contributed by atoms with Crippen molar-refractivity contribution in [2.45, 2.75) is 13.3 Å². The van der Waals surface area contributed by atoms with Crippen molar-refractivity contribution in [2.24, 2.45) is 0 Å². The summed E-state index contributed by atoms with van der Waals surface area (Å²) in [5.41, 5.74) is 1.41. The zero-order valence-electron chi connectivity index (χ0n) is 14.6. The highest BCUT2D eigenvalue weighted by molar-refractivity contribution is 6.32. The van der Waals surface area contributed by atoms with E-state index in [0.29, 0.717) is 46.9 Å². The Morgan fingerprint density at radius 1 is 1.19 bits per heavy atom. The molecule has 1 aliphatic heterocycles. The number of hydrogen-bond donors (Lipinski definition) is 1. The molecule has 8 heteroatoms. The van der Waals surface area contributed by atoms with Gasteiger partial charge in [0.25, 0.3) is 5.91 Å². The summed E-state index contributed by atoms with van der Waals surface area (Å²) in [6, 6.07) is 8.67. The normalized spacial score (nSPS) is 13.1. The van der Waals surface area contributed by atoms with Crippen LogP contribution in [0.25, 0.3) is 5.82 Å². The molecular formula is C19H17ClN4O3. The van der Waals surface area contributed by atoms with Crippen LogP contribution in [0.5, 0.6) is 11.5 Å². The average Bonchev–Trinajstić information content (AvgIpc) is 2.97. The third-order valence-corrected chi connectivity index (χ3v) is 4.35. The molecule has 1 aliphatic rings. The number of aryl methyl sites for hydroxylation is 1. The number of pyridine rings is 1. The minimum absolute atomic E-state index is 0.332. The van der Waals surface area contributed by atoms with E-state index >= 15 is 0 Å². The van der Waals surface area contributed by atoms with E-state index in [1.807, 2.05) is 19.1 Å². The van der Waals surface area contributed by atoms with E-state index in [4.69, 9.17) is 21.1 Å². The van der Waals surface area contributed by atoms with Gasteiger partial charge in [-0.2, -0.15) is 9.78 Å². The van der Waals surface area contributed by atoms with Gasteiger partial charge in [0.2, 0.25) is 0 Å². The van der Waals surface area contributed by atoms with Gasteiger partial charge in [0.15, 0.2) is 17.3 Å². The van der Waals surface area contributed by atoms with E-state index in [9.17, 15) is 4.79 Å². The molecule has 0 radical (unpaired) electrons. The van der Waals surface area contributed by atoms with E-state index < -0.39 is 0 Å². The Balaban J connectivity index is 1.62. The fraction of sp³-hybridized carbons (Fsp3) is 0.211. The first-order valence-electron chi connectivity index (χ1n) is 8.49. The first-order chi connectivity index (χ1) is 13.1. The molecule has 3 aromatic rings. The number of amides is 1. The van der Waals surface area contributed by atoms with Gasteiger partial charge >= 0.3 is 0 Å². The second kappa shape index (κ2) is 7.28. The fourth-order valence-corrected chi connectivity index (χ4v) is 3.03. The average molecular weight is 385 g/mol. The van der Waals surface area contributed by atoms with Crippen LogP contribution in [0, 0.1) is 6.92 Å². The topological polar surface area (TPSA) is 78.3 Å². The molecule has 138 valence electrons. The molecule has 0 unspecified atom stereocenters. The predicted molar refractivity (Wildman–Crippen MR) is 101 cm³/mol. The van der Waals surface area contributed by atoms with Crippen LogP contribution in [0.2, 0.25) is 5.02 Å². The van der Waals surface area contributed by atoms with Crippen molar-refractivity contribution in [3.8, 4) is 17.3 Å². The summed E-state index contributed by atoms with van der Waals surface area (Å²) in [5.74, 6) is 1.73.